The number of methoxy groups -OCH3 is 1. The fourth-order valence-corrected chi connectivity index (χ4v) is 3.55. The van der Waals surface area contributed by atoms with Gasteiger partial charge in [0.1, 0.15) is 5.75 Å². The molecule has 0 saturated heterocycles. The van der Waals surface area contributed by atoms with E-state index in [-0.39, 0.29) is 16.8 Å². The normalized spacial score (nSPS) is 14.2. The van der Waals surface area contributed by atoms with Gasteiger partial charge in [0.15, 0.2) is 0 Å². The first-order valence-electron chi connectivity index (χ1n) is 7.56. The van der Waals surface area contributed by atoms with Crippen LogP contribution in [0, 0.1) is 0 Å². The molecular formula is C17H18N2O4S. The van der Waals surface area contributed by atoms with Crippen LogP contribution < -0.4 is 14.8 Å². The zero-order valence-electron chi connectivity index (χ0n) is 13.2. The van der Waals surface area contributed by atoms with Gasteiger partial charge in [-0.25, -0.2) is 13.1 Å². The molecule has 24 heavy (non-hydrogen) atoms. The van der Waals surface area contributed by atoms with Crippen LogP contribution in [0.25, 0.3) is 0 Å². The van der Waals surface area contributed by atoms with Crippen LogP contribution >= 0.6 is 0 Å². The Bertz CT molecular complexity index is 860. The molecule has 1 aliphatic carbocycles. The quantitative estimate of drug-likeness (QED) is 0.841. The van der Waals surface area contributed by atoms with Gasteiger partial charge in [-0.1, -0.05) is 12.1 Å². The van der Waals surface area contributed by atoms with Gasteiger partial charge in [0.05, 0.1) is 12.0 Å². The molecule has 7 heteroatoms. The first-order chi connectivity index (χ1) is 11.5. The van der Waals surface area contributed by atoms with Crippen molar-refractivity contribution in [3.63, 3.8) is 0 Å². The Morgan fingerprint density at radius 1 is 1.12 bits per heavy atom. The number of ether oxygens (including phenoxy) is 1. The highest BCUT2D eigenvalue weighted by Crippen LogP contribution is 2.23. The van der Waals surface area contributed by atoms with E-state index >= 15 is 0 Å². The Kier molecular flexibility index (Phi) is 4.55. The number of carbonyl (C=O) groups excluding carboxylic acids is 1. The van der Waals surface area contributed by atoms with Crippen molar-refractivity contribution in [3.05, 3.63) is 54.1 Å². The number of benzene rings is 2. The molecule has 6 nitrogen and oxygen atoms in total. The number of amides is 1. The van der Waals surface area contributed by atoms with Gasteiger partial charge >= 0.3 is 0 Å². The van der Waals surface area contributed by atoms with Crippen LogP contribution in [0.5, 0.6) is 5.75 Å². The smallest absolute Gasteiger partial charge is 0.255 e. The molecule has 0 bridgehead atoms. The molecule has 126 valence electrons. The molecule has 0 heterocycles. The highest BCUT2D eigenvalue weighted by Gasteiger charge is 2.28. The SMILES string of the molecule is COc1cccc(C(=O)Nc2cccc(S(=O)(=O)NC3CC3)c2)c1. The van der Waals surface area contributed by atoms with Crippen LogP contribution in [0.1, 0.15) is 23.2 Å². The number of carbonyl (C=O) groups is 1. The summed E-state index contributed by atoms with van der Waals surface area (Å²) in [6, 6.07) is 13.0. The molecule has 1 saturated carbocycles. The minimum Gasteiger partial charge on any atom is -0.497 e. The predicted molar refractivity (Wildman–Crippen MR) is 90.7 cm³/mol. The lowest BCUT2D eigenvalue weighted by molar-refractivity contribution is 0.102. The maximum atomic E-state index is 12.3. The predicted octanol–water partition coefficient (Wildman–Crippen LogP) is 2.39. The van der Waals surface area contributed by atoms with Crippen molar-refractivity contribution >= 4 is 21.6 Å². The Morgan fingerprint density at radius 2 is 1.88 bits per heavy atom. The third-order valence-corrected chi connectivity index (χ3v) is 5.15. The molecule has 2 N–H and O–H groups in total. The molecular weight excluding hydrogens is 328 g/mol. The molecule has 0 atom stereocenters. The Hall–Kier alpha value is -2.38. The van der Waals surface area contributed by atoms with Crippen LogP contribution in [0.15, 0.2) is 53.4 Å². The summed E-state index contributed by atoms with van der Waals surface area (Å²) in [6.07, 6.45) is 1.73. The third-order valence-electron chi connectivity index (χ3n) is 3.63. The number of hydrogen-bond acceptors (Lipinski definition) is 4. The second-order valence-corrected chi connectivity index (χ2v) is 7.32. The summed E-state index contributed by atoms with van der Waals surface area (Å²) in [6.45, 7) is 0. The van der Waals surface area contributed by atoms with Crippen LogP contribution in [-0.4, -0.2) is 27.5 Å². The van der Waals surface area contributed by atoms with E-state index < -0.39 is 10.0 Å². The largest absolute Gasteiger partial charge is 0.497 e. The standard InChI is InChI=1S/C17H18N2O4S/c1-23-15-6-2-4-12(10-15)17(20)18-14-5-3-7-16(11-14)24(21,22)19-13-8-9-13/h2-7,10-11,13,19H,8-9H2,1H3,(H,18,20). The van der Waals surface area contributed by atoms with Gasteiger partial charge in [0, 0.05) is 17.3 Å². The van der Waals surface area contributed by atoms with E-state index in [9.17, 15) is 13.2 Å². The van der Waals surface area contributed by atoms with Gasteiger partial charge in [0.25, 0.3) is 5.91 Å². The summed E-state index contributed by atoms with van der Waals surface area (Å²) in [7, 11) is -2.03. The van der Waals surface area contributed by atoms with Gasteiger partial charge < -0.3 is 10.1 Å². The summed E-state index contributed by atoms with van der Waals surface area (Å²) < 4.78 is 32.2. The second kappa shape index (κ2) is 6.62. The van der Waals surface area contributed by atoms with Crippen molar-refractivity contribution in [2.45, 2.75) is 23.8 Å². The first-order valence-corrected chi connectivity index (χ1v) is 9.04. The molecule has 0 unspecified atom stereocenters. The van der Waals surface area contributed by atoms with Crippen molar-refractivity contribution in [1.29, 1.82) is 0 Å². The van der Waals surface area contributed by atoms with Crippen LogP contribution in [0.3, 0.4) is 0 Å². The highest BCUT2D eigenvalue weighted by atomic mass is 32.2. The Labute approximate surface area is 140 Å². The summed E-state index contributed by atoms with van der Waals surface area (Å²) >= 11 is 0. The number of sulfonamides is 1. The molecule has 1 amide bonds. The second-order valence-electron chi connectivity index (χ2n) is 5.61. The maximum Gasteiger partial charge on any atom is 0.255 e. The number of anilines is 1. The fourth-order valence-electron chi connectivity index (χ4n) is 2.20. The molecule has 2 aromatic rings. The van der Waals surface area contributed by atoms with E-state index in [0.717, 1.165) is 12.8 Å². The molecule has 1 aliphatic rings. The van der Waals surface area contributed by atoms with Crippen molar-refractivity contribution in [3.8, 4) is 5.75 Å². The molecule has 0 radical (unpaired) electrons. The van der Waals surface area contributed by atoms with Crippen molar-refractivity contribution in [2.24, 2.45) is 0 Å². The average Bonchev–Trinajstić information content (AvgIpc) is 3.38. The van der Waals surface area contributed by atoms with Gasteiger partial charge in [-0.05, 0) is 49.2 Å². The number of hydrogen-bond donors (Lipinski definition) is 2. The van der Waals surface area contributed by atoms with Crippen LogP contribution in [0.2, 0.25) is 0 Å². The summed E-state index contributed by atoms with van der Waals surface area (Å²) in [5, 5.41) is 2.70. The zero-order valence-corrected chi connectivity index (χ0v) is 14.0. The average molecular weight is 346 g/mol. The van der Waals surface area contributed by atoms with Crippen LogP contribution in [0.4, 0.5) is 5.69 Å². The van der Waals surface area contributed by atoms with Gasteiger partial charge in [0.2, 0.25) is 10.0 Å². The highest BCUT2D eigenvalue weighted by molar-refractivity contribution is 7.89. The summed E-state index contributed by atoms with van der Waals surface area (Å²) in [5.41, 5.74) is 0.847. The van der Waals surface area contributed by atoms with Gasteiger partial charge in [-0.15, -0.1) is 0 Å². The van der Waals surface area contributed by atoms with E-state index in [2.05, 4.69) is 10.0 Å². The van der Waals surface area contributed by atoms with Crippen molar-refractivity contribution in [1.82, 2.24) is 4.72 Å². The fraction of sp³-hybridized carbons (Fsp3) is 0.235. The molecule has 0 spiro atoms. The molecule has 3 rings (SSSR count). The van der Waals surface area contributed by atoms with Crippen molar-refractivity contribution < 1.29 is 17.9 Å². The molecule has 1 fully saturated rings. The maximum absolute atomic E-state index is 12.3. The molecule has 0 aromatic heterocycles. The lowest BCUT2D eigenvalue weighted by atomic mass is 10.2. The van der Waals surface area contributed by atoms with E-state index in [1.807, 2.05) is 0 Å². The summed E-state index contributed by atoms with van der Waals surface area (Å²) in [5.74, 6) is 0.242. The summed E-state index contributed by atoms with van der Waals surface area (Å²) in [4.78, 5) is 12.4. The monoisotopic (exact) mass is 346 g/mol. The number of rotatable bonds is 6. The van der Waals surface area contributed by atoms with Gasteiger partial charge in [-0.2, -0.15) is 0 Å². The van der Waals surface area contributed by atoms with Gasteiger partial charge in [-0.3, -0.25) is 4.79 Å². The first kappa shape index (κ1) is 16.5. The van der Waals surface area contributed by atoms with E-state index in [1.165, 1.54) is 19.2 Å². The van der Waals surface area contributed by atoms with E-state index in [4.69, 9.17) is 4.74 Å². The zero-order chi connectivity index (χ0) is 17.2. The van der Waals surface area contributed by atoms with Crippen molar-refractivity contribution in [2.75, 3.05) is 12.4 Å². The number of nitrogens with one attached hydrogen (secondary N) is 2. The Morgan fingerprint density at radius 3 is 2.58 bits per heavy atom. The van der Waals surface area contributed by atoms with E-state index in [1.54, 1.807) is 36.4 Å². The Balaban J connectivity index is 1.77. The lowest BCUT2D eigenvalue weighted by Crippen LogP contribution is -2.25. The van der Waals surface area contributed by atoms with Crippen LogP contribution in [-0.2, 0) is 10.0 Å². The molecule has 0 aliphatic heterocycles. The minimum absolute atomic E-state index is 0.0324. The lowest BCUT2D eigenvalue weighted by Gasteiger charge is -2.09. The van der Waals surface area contributed by atoms with E-state index in [0.29, 0.717) is 17.0 Å². The topological polar surface area (TPSA) is 84.5 Å². The molecule has 2 aromatic carbocycles. The minimum atomic E-state index is -3.55. The third kappa shape index (κ3) is 3.93.